The maximum absolute atomic E-state index is 14.7. The summed E-state index contributed by atoms with van der Waals surface area (Å²) in [5.41, 5.74) is 4.60. The average molecular weight is 473 g/mol. The Morgan fingerprint density at radius 1 is 1.06 bits per heavy atom. The number of hydrogen-bond donors (Lipinski definition) is 3. The number of halogens is 1. The van der Waals surface area contributed by atoms with Crippen molar-refractivity contribution in [2.24, 2.45) is 0 Å². The van der Waals surface area contributed by atoms with Crippen molar-refractivity contribution in [2.75, 3.05) is 28.6 Å². The number of urea groups is 1. The van der Waals surface area contributed by atoms with Gasteiger partial charge in [0, 0.05) is 60.2 Å². The number of hydrogen-bond acceptors (Lipinski definition) is 5. The van der Waals surface area contributed by atoms with E-state index in [1.165, 1.54) is 25.0 Å². The second kappa shape index (κ2) is 9.84. The highest BCUT2D eigenvalue weighted by Crippen LogP contribution is 2.29. The van der Waals surface area contributed by atoms with Crippen molar-refractivity contribution in [1.82, 2.24) is 15.2 Å². The van der Waals surface area contributed by atoms with Gasteiger partial charge in [-0.25, -0.2) is 9.18 Å². The molecule has 0 spiro atoms. The fraction of sp³-hybridized carbons (Fsp3) is 0.192. The molecule has 1 aliphatic heterocycles. The Morgan fingerprint density at radius 2 is 1.89 bits per heavy atom. The van der Waals surface area contributed by atoms with Crippen LogP contribution in [0.4, 0.5) is 26.2 Å². The fourth-order valence-electron chi connectivity index (χ4n) is 4.10. The second-order valence-electron chi connectivity index (χ2n) is 8.44. The number of nitrogens with zero attached hydrogens (tertiary/aromatic N) is 3. The molecule has 1 fully saturated rings. The summed E-state index contributed by atoms with van der Waals surface area (Å²) in [7, 11) is 0. The van der Waals surface area contributed by atoms with Gasteiger partial charge in [-0.2, -0.15) is 5.10 Å². The Hall–Kier alpha value is -4.40. The van der Waals surface area contributed by atoms with Gasteiger partial charge in [-0.05, 0) is 61.7 Å². The summed E-state index contributed by atoms with van der Waals surface area (Å²) in [6.45, 7) is 4.04. The predicted molar refractivity (Wildman–Crippen MR) is 134 cm³/mol. The molecule has 4 aromatic rings. The summed E-state index contributed by atoms with van der Waals surface area (Å²) in [5, 5.41) is 12.2. The van der Waals surface area contributed by atoms with Gasteiger partial charge >= 0.3 is 6.03 Å². The number of pyridine rings is 1. The van der Waals surface area contributed by atoms with E-state index >= 15 is 0 Å². The third-order valence-corrected chi connectivity index (χ3v) is 5.73. The Morgan fingerprint density at radius 3 is 2.66 bits per heavy atom. The van der Waals surface area contributed by atoms with Gasteiger partial charge in [0.2, 0.25) is 0 Å². The number of aromatic amines is 1. The first-order valence-electron chi connectivity index (χ1n) is 11.4. The van der Waals surface area contributed by atoms with Crippen LogP contribution in [-0.2, 0) is 0 Å². The molecule has 0 bridgehead atoms. The number of amides is 2. The SMILES string of the molecule is Cc1cc(NC(=O)Nc2ccc(Oc3ccnc(-c4cn[nH]c4)c3)c(F)c2)cc(N2CCCC2)c1. The Bertz CT molecular complexity index is 1340. The molecule has 178 valence electrons. The van der Waals surface area contributed by atoms with E-state index in [0.29, 0.717) is 22.8 Å². The number of benzene rings is 2. The van der Waals surface area contributed by atoms with Crippen LogP contribution >= 0.6 is 0 Å². The predicted octanol–water partition coefficient (Wildman–Crippen LogP) is 5.96. The van der Waals surface area contributed by atoms with Gasteiger partial charge in [-0.1, -0.05) is 0 Å². The molecule has 5 rings (SSSR count). The van der Waals surface area contributed by atoms with Gasteiger partial charge < -0.3 is 20.3 Å². The van der Waals surface area contributed by atoms with E-state index in [0.717, 1.165) is 29.9 Å². The highest BCUT2D eigenvalue weighted by molar-refractivity contribution is 6.00. The highest BCUT2D eigenvalue weighted by Gasteiger charge is 2.14. The van der Waals surface area contributed by atoms with Crippen molar-refractivity contribution in [3.63, 3.8) is 0 Å². The first-order valence-corrected chi connectivity index (χ1v) is 11.4. The summed E-state index contributed by atoms with van der Waals surface area (Å²) in [4.78, 5) is 19.1. The zero-order chi connectivity index (χ0) is 24.2. The van der Waals surface area contributed by atoms with Gasteiger partial charge in [0.05, 0.1) is 11.9 Å². The zero-order valence-electron chi connectivity index (χ0n) is 19.2. The summed E-state index contributed by atoms with van der Waals surface area (Å²) in [5.74, 6) is -0.132. The molecule has 2 amide bonds. The third kappa shape index (κ3) is 5.40. The maximum Gasteiger partial charge on any atom is 0.323 e. The van der Waals surface area contributed by atoms with Crippen molar-refractivity contribution in [3.8, 4) is 22.8 Å². The molecule has 0 aliphatic carbocycles. The minimum absolute atomic E-state index is 0.0363. The minimum atomic E-state index is -0.601. The number of ether oxygens (including phenoxy) is 1. The summed E-state index contributed by atoms with van der Waals surface area (Å²) in [6.07, 6.45) is 7.28. The molecule has 0 radical (unpaired) electrons. The van der Waals surface area contributed by atoms with E-state index in [2.05, 4.69) is 36.8 Å². The zero-order valence-corrected chi connectivity index (χ0v) is 19.2. The van der Waals surface area contributed by atoms with E-state index in [1.54, 1.807) is 36.8 Å². The van der Waals surface area contributed by atoms with Crippen molar-refractivity contribution >= 4 is 23.1 Å². The Balaban J connectivity index is 1.24. The molecule has 0 atom stereocenters. The number of aryl methyl sites for hydroxylation is 1. The summed E-state index contributed by atoms with van der Waals surface area (Å²) in [6, 6.07) is 13.1. The molecule has 2 aromatic carbocycles. The lowest BCUT2D eigenvalue weighted by molar-refractivity contribution is 0.262. The molecule has 9 heteroatoms. The third-order valence-electron chi connectivity index (χ3n) is 5.73. The van der Waals surface area contributed by atoms with Crippen molar-refractivity contribution < 1.29 is 13.9 Å². The van der Waals surface area contributed by atoms with E-state index in [9.17, 15) is 9.18 Å². The van der Waals surface area contributed by atoms with E-state index in [4.69, 9.17) is 4.74 Å². The smallest absolute Gasteiger partial charge is 0.323 e. The van der Waals surface area contributed by atoms with Gasteiger partial charge in [-0.3, -0.25) is 10.1 Å². The van der Waals surface area contributed by atoms with E-state index in [-0.39, 0.29) is 5.75 Å². The molecule has 2 aromatic heterocycles. The lowest BCUT2D eigenvalue weighted by Crippen LogP contribution is -2.21. The number of carbonyl (C=O) groups is 1. The fourth-order valence-corrected chi connectivity index (χ4v) is 4.10. The number of nitrogens with one attached hydrogen (secondary N) is 3. The van der Waals surface area contributed by atoms with Crippen LogP contribution in [0.25, 0.3) is 11.3 Å². The van der Waals surface area contributed by atoms with Crippen LogP contribution in [-0.4, -0.2) is 34.3 Å². The topological polar surface area (TPSA) is 95.2 Å². The molecule has 1 saturated heterocycles. The monoisotopic (exact) mass is 472 g/mol. The lowest BCUT2D eigenvalue weighted by Gasteiger charge is -2.19. The molecule has 8 nitrogen and oxygen atoms in total. The number of H-pyrrole nitrogens is 1. The summed E-state index contributed by atoms with van der Waals surface area (Å²) < 4.78 is 20.4. The standard InChI is InChI=1S/C26H25FN6O2/c1-17-10-20(12-21(11-17)33-8-2-3-9-33)32-26(34)31-19-4-5-25(23(27)13-19)35-22-6-7-28-24(14-22)18-15-29-30-16-18/h4-7,10-16H,2-3,8-9H2,1H3,(H,29,30)(H2,31,32,34). The van der Waals surface area contributed by atoms with Crippen LogP contribution in [0.1, 0.15) is 18.4 Å². The number of aromatic nitrogens is 3. The quantitative estimate of drug-likeness (QED) is 0.322. The minimum Gasteiger partial charge on any atom is -0.454 e. The maximum atomic E-state index is 14.7. The number of carbonyl (C=O) groups excluding carboxylic acids is 1. The van der Waals surface area contributed by atoms with Gasteiger partial charge in [-0.15, -0.1) is 0 Å². The first-order chi connectivity index (χ1) is 17.0. The molecule has 1 aliphatic rings. The average Bonchev–Trinajstić information content (AvgIpc) is 3.55. The molecular formula is C26H25FN6O2. The second-order valence-corrected chi connectivity index (χ2v) is 8.44. The van der Waals surface area contributed by atoms with Crippen LogP contribution in [0.3, 0.4) is 0 Å². The van der Waals surface area contributed by atoms with Crippen molar-refractivity contribution in [1.29, 1.82) is 0 Å². The first kappa shape index (κ1) is 22.4. The van der Waals surface area contributed by atoms with Crippen molar-refractivity contribution in [3.05, 3.63) is 78.5 Å². The van der Waals surface area contributed by atoms with E-state index in [1.807, 2.05) is 19.1 Å². The van der Waals surface area contributed by atoms with Crippen LogP contribution < -0.4 is 20.3 Å². The normalized spacial score (nSPS) is 13.0. The molecular weight excluding hydrogens is 447 g/mol. The van der Waals surface area contributed by atoms with Crippen LogP contribution in [0.15, 0.2) is 67.1 Å². The van der Waals surface area contributed by atoms with Gasteiger partial charge in [0.1, 0.15) is 5.75 Å². The lowest BCUT2D eigenvalue weighted by atomic mass is 10.2. The Kier molecular flexibility index (Phi) is 6.30. The van der Waals surface area contributed by atoms with Crippen LogP contribution in [0.2, 0.25) is 0 Å². The number of rotatable bonds is 6. The molecule has 35 heavy (non-hydrogen) atoms. The molecule has 0 saturated carbocycles. The van der Waals surface area contributed by atoms with Crippen molar-refractivity contribution in [2.45, 2.75) is 19.8 Å². The van der Waals surface area contributed by atoms with Crippen LogP contribution in [0.5, 0.6) is 11.5 Å². The molecule has 3 heterocycles. The van der Waals surface area contributed by atoms with E-state index < -0.39 is 11.8 Å². The number of anilines is 3. The molecule has 3 N–H and O–H groups in total. The summed E-state index contributed by atoms with van der Waals surface area (Å²) >= 11 is 0. The van der Waals surface area contributed by atoms with Crippen LogP contribution in [0, 0.1) is 12.7 Å². The van der Waals surface area contributed by atoms with Gasteiger partial charge in [0.25, 0.3) is 0 Å². The highest BCUT2D eigenvalue weighted by atomic mass is 19.1. The largest absolute Gasteiger partial charge is 0.454 e. The Labute approximate surface area is 202 Å². The van der Waals surface area contributed by atoms with Gasteiger partial charge in [0.15, 0.2) is 11.6 Å². The molecule has 0 unspecified atom stereocenters.